The molecule has 0 saturated carbocycles. The Labute approximate surface area is 179 Å². The molecule has 1 aromatic carbocycles. The number of aromatic nitrogens is 1. The first-order valence-electron chi connectivity index (χ1n) is 9.68. The van der Waals surface area contributed by atoms with Crippen LogP contribution in [0, 0.1) is 5.82 Å². The van der Waals surface area contributed by atoms with Crippen LogP contribution < -0.4 is 5.32 Å². The van der Waals surface area contributed by atoms with E-state index in [0.717, 1.165) is 11.8 Å². The Kier molecular flexibility index (Phi) is 7.74. The largest absolute Gasteiger partial charge is 0.394 e. The van der Waals surface area contributed by atoms with E-state index in [1.165, 1.54) is 12.1 Å². The van der Waals surface area contributed by atoms with Crippen LogP contribution in [0.3, 0.4) is 0 Å². The molecule has 7 nitrogen and oxygen atoms in total. The number of benzene rings is 1. The van der Waals surface area contributed by atoms with Crippen LogP contribution in [-0.2, 0) is 11.2 Å². The zero-order valence-electron chi connectivity index (χ0n) is 16.5. The number of pyridine rings is 1. The predicted molar refractivity (Wildman–Crippen MR) is 110 cm³/mol. The number of carbonyl (C=O) groups excluding carboxylic acids is 1. The standard InChI is InChI=1S/C21H25ClFN3O4/c1-26(9-7-14-4-2-3-8-24-14)19-17(30-18(12-27)20(19)28)11-25-21(29)13-5-6-16(23)15(22)10-13/h2-6,8,10,17-20,27-28H,7,9,11-12H2,1H3,(H,25,29)/t17-,18+,19+,20-/m1/s1. The summed E-state index contributed by atoms with van der Waals surface area (Å²) in [6, 6.07) is 8.99. The van der Waals surface area contributed by atoms with E-state index in [1.54, 1.807) is 6.20 Å². The third-order valence-corrected chi connectivity index (χ3v) is 5.53. The van der Waals surface area contributed by atoms with E-state index in [4.69, 9.17) is 16.3 Å². The van der Waals surface area contributed by atoms with Gasteiger partial charge in [-0.3, -0.25) is 14.7 Å². The second-order valence-electron chi connectivity index (χ2n) is 7.27. The smallest absolute Gasteiger partial charge is 0.251 e. The number of carbonyl (C=O) groups is 1. The average molecular weight is 438 g/mol. The lowest BCUT2D eigenvalue weighted by molar-refractivity contribution is -0.0209. The molecule has 1 aromatic heterocycles. The summed E-state index contributed by atoms with van der Waals surface area (Å²) in [4.78, 5) is 18.6. The fourth-order valence-corrected chi connectivity index (χ4v) is 3.79. The van der Waals surface area contributed by atoms with Gasteiger partial charge in [0.2, 0.25) is 0 Å². The van der Waals surface area contributed by atoms with Gasteiger partial charge >= 0.3 is 0 Å². The van der Waals surface area contributed by atoms with Gasteiger partial charge in [-0.15, -0.1) is 0 Å². The van der Waals surface area contributed by atoms with E-state index in [9.17, 15) is 19.4 Å². The normalized spacial score (nSPS) is 23.7. The Morgan fingerprint density at radius 1 is 1.33 bits per heavy atom. The maximum Gasteiger partial charge on any atom is 0.251 e. The second-order valence-corrected chi connectivity index (χ2v) is 7.67. The Morgan fingerprint density at radius 3 is 2.80 bits per heavy atom. The highest BCUT2D eigenvalue weighted by Crippen LogP contribution is 2.25. The Bertz CT molecular complexity index is 857. The first-order chi connectivity index (χ1) is 14.4. The van der Waals surface area contributed by atoms with Crippen molar-refractivity contribution >= 4 is 17.5 Å². The summed E-state index contributed by atoms with van der Waals surface area (Å²) in [6.45, 7) is 0.391. The van der Waals surface area contributed by atoms with Crippen molar-refractivity contribution in [1.82, 2.24) is 15.2 Å². The maximum atomic E-state index is 13.3. The molecular formula is C21H25ClFN3O4. The van der Waals surface area contributed by atoms with Gasteiger partial charge in [0, 0.05) is 37.0 Å². The molecule has 0 radical (unpaired) electrons. The van der Waals surface area contributed by atoms with Crippen molar-refractivity contribution in [3.63, 3.8) is 0 Å². The van der Waals surface area contributed by atoms with Crippen molar-refractivity contribution in [1.29, 1.82) is 0 Å². The van der Waals surface area contributed by atoms with Gasteiger partial charge < -0.3 is 20.3 Å². The molecule has 0 unspecified atom stereocenters. The lowest BCUT2D eigenvalue weighted by atomic mass is 10.0. The van der Waals surface area contributed by atoms with E-state index in [0.29, 0.717) is 13.0 Å². The minimum absolute atomic E-state index is 0.111. The number of likely N-dealkylation sites (N-methyl/N-ethyl adjacent to an activating group) is 1. The molecule has 3 N–H and O–H groups in total. The van der Waals surface area contributed by atoms with Crippen molar-refractivity contribution in [2.24, 2.45) is 0 Å². The third kappa shape index (κ3) is 5.33. The van der Waals surface area contributed by atoms with Crippen LogP contribution in [0.2, 0.25) is 5.02 Å². The fraction of sp³-hybridized carbons (Fsp3) is 0.429. The SMILES string of the molecule is CN(CCc1ccccn1)[C@@H]1[C@H](O)[C@H](CO)O[C@@H]1CNC(=O)c1ccc(F)c(Cl)c1. The van der Waals surface area contributed by atoms with Crippen LogP contribution in [0.1, 0.15) is 16.1 Å². The summed E-state index contributed by atoms with van der Waals surface area (Å²) in [5.41, 5.74) is 1.15. The molecule has 2 heterocycles. The van der Waals surface area contributed by atoms with E-state index < -0.39 is 36.1 Å². The highest BCUT2D eigenvalue weighted by Gasteiger charge is 2.45. The summed E-state index contributed by atoms with van der Waals surface area (Å²) >= 11 is 5.74. The number of amides is 1. The van der Waals surface area contributed by atoms with Gasteiger partial charge in [0.25, 0.3) is 5.91 Å². The Balaban J connectivity index is 1.63. The third-order valence-electron chi connectivity index (χ3n) is 5.24. The first kappa shape index (κ1) is 22.6. The van der Waals surface area contributed by atoms with Crippen molar-refractivity contribution in [2.75, 3.05) is 26.7 Å². The van der Waals surface area contributed by atoms with Gasteiger partial charge in [-0.1, -0.05) is 17.7 Å². The number of halogens is 2. The lowest BCUT2D eigenvalue weighted by Crippen LogP contribution is -2.50. The van der Waals surface area contributed by atoms with E-state index in [1.807, 2.05) is 30.1 Å². The van der Waals surface area contributed by atoms with Crippen LogP contribution in [-0.4, -0.2) is 77.1 Å². The van der Waals surface area contributed by atoms with Gasteiger partial charge in [0.1, 0.15) is 18.0 Å². The van der Waals surface area contributed by atoms with E-state index in [-0.39, 0.29) is 23.7 Å². The van der Waals surface area contributed by atoms with Crippen molar-refractivity contribution in [3.8, 4) is 0 Å². The fourth-order valence-electron chi connectivity index (χ4n) is 3.61. The quantitative estimate of drug-likeness (QED) is 0.575. The zero-order chi connectivity index (χ0) is 21.7. The summed E-state index contributed by atoms with van der Waals surface area (Å²) < 4.78 is 19.1. The van der Waals surface area contributed by atoms with Gasteiger partial charge in [-0.05, 0) is 37.4 Å². The molecule has 162 valence electrons. The topological polar surface area (TPSA) is 94.9 Å². The molecule has 0 aliphatic carbocycles. The molecule has 4 atom stereocenters. The summed E-state index contributed by atoms with van der Waals surface area (Å²) in [7, 11) is 1.86. The number of aliphatic hydroxyl groups is 2. The monoisotopic (exact) mass is 437 g/mol. The lowest BCUT2D eigenvalue weighted by Gasteiger charge is -2.30. The van der Waals surface area contributed by atoms with Crippen LogP contribution in [0.5, 0.6) is 0 Å². The zero-order valence-corrected chi connectivity index (χ0v) is 17.3. The van der Waals surface area contributed by atoms with Crippen LogP contribution in [0.15, 0.2) is 42.6 Å². The highest BCUT2D eigenvalue weighted by molar-refractivity contribution is 6.31. The number of nitrogens with zero attached hydrogens (tertiary/aromatic N) is 2. The molecule has 1 amide bonds. The molecule has 0 bridgehead atoms. The van der Waals surface area contributed by atoms with E-state index in [2.05, 4.69) is 10.3 Å². The molecule has 1 aliphatic rings. The van der Waals surface area contributed by atoms with Crippen molar-refractivity contribution in [3.05, 3.63) is 64.7 Å². The Hall–Kier alpha value is -2.10. The Morgan fingerprint density at radius 2 is 2.13 bits per heavy atom. The summed E-state index contributed by atoms with van der Waals surface area (Å²) in [6.07, 6.45) is 0.216. The van der Waals surface area contributed by atoms with Crippen LogP contribution >= 0.6 is 11.6 Å². The number of nitrogens with one attached hydrogen (secondary N) is 1. The molecule has 30 heavy (non-hydrogen) atoms. The molecule has 1 aliphatic heterocycles. The molecule has 3 rings (SSSR count). The van der Waals surface area contributed by atoms with Crippen molar-refractivity contribution < 1.29 is 24.1 Å². The van der Waals surface area contributed by atoms with Gasteiger partial charge in [0.15, 0.2) is 0 Å². The number of aliphatic hydroxyl groups excluding tert-OH is 2. The molecule has 1 fully saturated rings. The van der Waals surface area contributed by atoms with E-state index >= 15 is 0 Å². The van der Waals surface area contributed by atoms with Crippen LogP contribution in [0.4, 0.5) is 4.39 Å². The predicted octanol–water partition coefficient (Wildman–Crippen LogP) is 1.27. The van der Waals surface area contributed by atoms with Gasteiger partial charge in [-0.2, -0.15) is 0 Å². The van der Waals surface area contributed by atoms with Gasteiger partial charge in [0.05, 0.1) is 23.8 Å². The van der Waals surface area contributed by atoms with Gasteiger partial charge in [-0.25, -0.2) is 4.39 Å². The minimum atomic E-state index is -0.911. The molecule has 1 saturated heterocycles. The molecule has 9 heteroatoms. The maximum absolute atomic E-state index is 13.3. The number of rotatable bonds is 8. The number of hydrogen-bond donors (Lipinski definition) is 3. The number of hydrogen-bond acceptors (Lipinski definition) is 6. The summed E-state index contributed by atoms with van der Waals surface area (Å²) in [5.74, 6) is -1.03. The molecule has 0 spiro atoms. The second kappa shape index (κ2) is 10.3. The molecular weight excluding hydrogens is 413 g/mol. The number of ether oxygens (including phenoxy) is 1. The summed E-state index contributed by atoms with van der Waals surface area (Å²) in [5, 5.41) is 22.7. The van der Waals surface area contributed by atoms with Crippen LogP contribution in [0.25, 0.3) is 0 Å². The first-order valence-corrected chi connectivity index (χ1v) is 10.1. The van der Waals surface area contributed by atoms with Crippen molar-refractivity contribution in [2.45, 2.75) is 30.8 Å². The molecule has 2 aromatic rings. The highest BCUT2D eigenvalue weighted by atomic mass is 35.5. The average Bonchev–Trinajstić information content (AvgIpc) is 3.08. The minimum Gasteiger partial charge on any atom is -0.394 e.